The summed E-state index contributed by atoms with van der Waals surface area (Å²) in [5.74, 6) is -2.12. The molecule has 10 heteroatoms. The van der Waals surface area contributed by atoms with Crippen LogP contribution in [0.2, 0.25) is 0 Å². The predicted octanol–water partition coefficient (Wildman–Crippen LogP) is 1.96. The Morgan fingerprint density at radius 2 is 1.65 bits per heavy atom. The van der Waals surface area contributed by atoms with E-state index in [9.17, 15) is 19.2 Å². The molecule has 0 unspecified atom stereocenters. The normalized spacial score (nSPS) is 13.0. The number of esters is 2. The Labute approximate surface area is 181 Å². The number of hydroxylamine groups is 2. The standard InChI is InChI=1S/C21H30N2O8/c1-14(24)29-13-17(22-20(27)30-21(3,4)5)18(19(26)28-6)23(31-15(2)25)12-16-10-8-7-9-11-16/h7-11,17-18H,12-13H2,1-6H3,(H,22,27)/t17-,18-/m0/s1. The largest absolute Gasteiger partial charge is 0.468 e. The van der Waals surface area contributed by atoms with E-state index in [4.69, 9.17) is 19.0 Å². The van der Waals surface area contributed by atoms with Crippen LogP contribution in [0.4, 0.5) is 4.79 Å². The predicted molar refractivity (Wildman–Crippen MR) is 109 cm³/mol. The first kappa shape index (κ1) is 25.9. The number of alkyl carbamates (subject to hydrolysis) is 1. The van der Waals surface area contributed by atoms with Gasteiger partial charge in [-0.1, -0.05) is 30.3 Å². The van der Waals surface area contributed by atoms with Gasteiger partial charge in [0.15, 0.2) is 6.04 Å². The summed E-state index contributed by atoms with van der Waals surface area (Å²) in [6.07, 6.45) is -0.846. The molecule has 2 atom stereocenters. The van der Waals surface area contributed by atoms with Gasteiger partial charge in [-0.05, 0) is 26.3 Å². The number of hydrogen-bond donors (Lipinski definition) is 1. The van der Waals surface area contributed by atoms with Gasteiger partial charge in [0.05, 0.1) is 19.7 Å². The third kappa shape index (κ3) is 9.94. The summed E-state index contributed by atoms with van der Waals surface area (Å²) in [7, 11) is 1.15. The van der Waals surface area contributed by atoms with Gasteiger partial charge >= 0.3 is 24.0 Å². The summed E-state index contributed by atoms with van der Waals surface area (Å²) in [4.78, 5) is 53.5. The molecule has 0 aromatic heterocycles. The van der Waals surface area contributed by atoms with Gasteiger partial charge in [-0.3, -0.25) is 14.4 Å². The van der Waals surface area contributed by atoms with Crippen molar-refractivity contribution < 1.29 is 38.2 Å². The topological polar surface area (TPSA) is 120 Å². The second kappa shape index (κ2) is 11.9. The molecule has 0 spiro atoms. The number of nitrogens with one attached hydrogen (secondary N) is 1. The van der Waals surface area contributed by atoms with Gasteiger partial charge in [0, 0.05) is 13.8 Å². The highest BCUT2D eigenvalue weighted by Gasteiger charge is 2.39. The van der Waals surface area contributed by atoms with E-state index in [1.807, 2.05) is 6.07 Å². The van der Waals surface area contributed by atoms with Crippen LogP contribution in [0.15, 0.2) is 30.3 Å². The Morgan fingerprint density at radius 1 is 1.03 bits per heavy atom. The van der Waals surface area contributed by atoms with Crippen LogP contribution < -0.4 is 5.32 Å². The van der Waals surface area contributed by atoms with Gasteiger partial charge in [-0.2, -0.15) is 0 Å². The number of hydrogen-bond acceptors (Lipinski definition) is 9. The molecule has 31 heavy (non-hydrogen) atoms. The lowest BCUT2D eigenvalue weighted by atomic mass is 10.1. The maximum Gasteiger partial charge on any atom is 0.408 e. The fraction of sp³-hybridized carbons (Fsp3) is 0.524. The van der Waals surface area contributed by atoms with Crippen molar-refractivity contribution in [1.29, 1.82) is 0 Å². The fourth-order valence-corrected chi connectivity index (χ4v) is 2.60. The minimum absolute atomic E-state index is 0.00670. The van der Waals surface area contributed by atoms with E-state index in [2.05, 4.69) is 5.32 Å². The third-order valence-corrected chi connectivity index (χ3v) is 3.73. The Bertz CT molecular complexity index is 760. The number of carbonyl (C=O) groups excluding carboxylic acids is 4. The Hall–Kier alpha value is -3.14. The van der Waals surface area contributed by atoms with Crippen molar-refractivity contribution in [1.82, 2.24) is 10.4 Å². The summed E-state index contributed by atoms with van der Waals surface area (Å²) in [5, 5.41) is 3.59. The van der Waals surface area contributed by atoms with Crippen LogP contribution in [0.3, 0.4) is 0 Å². The first-order valence-electron chi connectivity index (χ1n) is 9.62. The molecular formula is C21H30N2O8. The lowest BCUT2D eigenvalue weighted by Gasteiger charge is -2.33. The molecule has 1 aromatic carbocycles. The van der Waals surface area contributed by atoms with Crippen molar-refractivity contribution in [3.63, 3.8) is 0 Å². The summed E-state index contributed by atoms with van der Waals surface area (Å²) < 4.78 is 15.2. The minimum Gasteiger partial charge on any atom is -0.468 e. The van der Waals surface area contributed by atoms with Crippen molar-refractivity contribution in [3.8, 4) is 0 Å². The van der Waals surface area contributed by atoms with Gasteiger partial charge < -0.3 is 24.4 Å². The number of methoxy groups -OCH3 is 1. The molecule has 0 aliphatic carbocycles. The van der Waals surface area contributed by atoms with Crippen LogP contribution in [-0.2, 0) is 40.0 Å². The second-order valence-corrected chi connectivity index (χ2v) is 7.67. The maximum absolute atomic E-state index is 12.7. The zero-order valence-electron chi connectivity index (χ0n) is 18.7. The summed E-state index contributed by atoms with van der Waals surface area (Å²) in [5.41, 5.74) is -0.0858. The van der Waals surface area contributed by atoms with E-state index in [-0.39, 0.29) is 13.2 Å². The van der Waals surface area contributed by atoms with E-state index in [1.54, 1.807) is 45.0 Å². The number of ether oxygens (including phenoxy) is 3. The molecule has 1 amide bonds. The Balaban J connectivity index is 3.29. The van der Waals surface area contributed by atoms with Crippen molar-refractivity contribution in [2.24, 2.45) is 0 Å². The zero-order chi connectivity index (χ0) is 23.6. The smallest absolute Gasteiger partial charge is 0.408 e. The van der Waals surface area contributed by atoms with Crippen LogP contribution in [-0.4, -0.2) is 60.5 Å². The molecule has 10 nitrogen and oxygen atoms in total. The molecule has 0 saturated carbocycles. The average Bonchev–Trinajstić information content (AvgIpc) is 2.64. The number of nitrogens with zero attached hydrogens (tertiary/aromatic N) is 1. The SMILES string of the molecule is COC(=O)[C@H]([C@H](COC(C)=O)NC(=O)OC(C)(C)C)N(Cc1ccccc1)OC(C)=O. The third-order valence-electron chi connectivity index (χ3n) is 3.73. The van der Waals surface area contributed by atoms with Crippen molar-refractivity contribution >= 4 is 24.0 Å². The summed E-state index contributed by atoms with van der Waals surface area (Å²) in [6.45, 7) is 7.00. The van der Waals surface area contributed by atoms with E-state index in [0.717, 1.165) is 17.7 Å². The first-order chi connectivity index (χ1) is 14.4. The van der Waals surface area contributed by atoms with Crippen LogP contribution >= 0.6 is 0 Å². The highest BCUT2D eigenvalue weighted by atomic mass is 16.7. The second-order valence-electron chi connectivity index (χ2n) is 7.67. The van der Waals surface area contributed by atoms with Gasteiger partial charge in [-0.15, -0.1) is 5.06 Å². The number of carbonyl (C=O) groups is 4. The lowest BCUT2D eigenvalue weighted by Crippen LogP contribution is -2.58. The lowest BCUT2D eigenvalue weighted by molar-refractivity contribution is -0.213. The minimum atomic E-state index is -1.33. The van der Waals surface area contributed by atoms with Crippen LogP contribution in [0.1, 0.15) is 40.2 Å². The van der Waals surface area contributed by atoms with Gasteiger partial charge in [-0.25, -0.2) is 4.79 Å². The molecule has 1 rings (SSSR count). The summed E-state index contributed by atoms with van der Waals surface area (Å²) >= 11 is 0. The number of amides is 1. The highest BCUT2D eigenvalue weighted by molar-refractivity contribution is 5.78. The van der Waals surface area contributed by atoms with Gasteiger partial charge in [0.2, 0.25) is 0 Å². The van der Waals surface area contributed by atoms with Crippen molar-refractivity contribution in [3.05, 3.63) is 35.9 Å². The molecule has 1 N–H and O–H groups in total. The first-order valence-corrected chi connectivity index (χ1v) is 9.62. The summed E-state index contributed by atoms with van der Waals surface area (Å²) in [6, 6.07) is 6.44. The van der Waals surface area contributed by atoms with E-state index < -0.39 is 41.7 Å². The molecule has 0 aliphatic heterocycles. The van der Waals surface area contributed by atoms with E-state index >= 15 is 0 Å². The number of rotatable bonds is 9. The quantitative estimate of drug-likeness (QED) is 0.350. The fourth-order valence-electron chi connectivity index (χ4n) is 2.60. The average molecular weight is 438 g/mol. The van der Waals surface area contributed by atoms with E-state index in [1.165, 1.54) is 13.8 Å². The molecular weight excluding hydrogens is 408 g/mol. The number of benzene rings is 1. The van der Waals surface area contributed by atoms with Crippen LogP contribution in [0, 0.1) is 0 Å². The Kier molecular flexibility index (Phi) is 9.94. The molecule has 0 saturated heterocycles. The molecule has 0 heterocycles. The molecule has 0 fully saturated rings. The maximum atomic E-state index is 12.7. The van der Waals surface area contributed by atoms with E-state index in [0.29, 0.717) is 0 Å². The molecule has 0 bridgehead atoms. The molecule has 1 aromatic rings. The van der Waals surface area contributed by atoms with Gasteiger partial charge in [0.25, 0.3) is 0 Å². The molecule has 0 aliphatic rings. The van der Waals surface area contributed by atoms with Crippen molar-refractivity contribution in [2.45, 2.75) is 58.8 Å². The van der Waals surface area contributed by atoms with Crippen molar-refractivity contribution in [2.75, 3.05) is 13.7 Å². The Morgan fingerprint density at radius 3 is 2.13 bits per heavy atom. The highest BCUT2D eigenvalue weighted by Crippen LogP contribution is 2.16. The molecule has 172 valence electrons. The van der Waals surface area contributed by atoms with Crippen LogP contribution in [0.25, 0.3) is 0 Å². The molecule has 0 radical (unpaired) electrons. The monoisotopic (exact) mass is 438 g/mol. The zero-order valence-corrected chi connectivity index (χ0v) is 18.7. The van der Waals surface area contributed by atoms with Crippen LogP contribution in [0.5, 0.6) is 0 Å². The van der Waals surface area contributed by atoms with Gasteiger partial charge in [0.1, 0.15) is 12.2 Å².